The Morgan fingerprint density at radius 3 is 2.15 bits per heavy atom. The second-order valence-electron chi connectivity index (χ2n) is 8.45. The Kier molecular flexibility index (Phi) is 11.2. The molecule has 2 rings (SSSR count). The number of carbonyl (C=O) groups excluding carboxylic acids is 1. The van der Waals surface area contributed by atoms with Crippen LogP contribution in [0.25, 0.3) is 0 Å². The molecule has 0 bridgehead atoms. The Balaban J connectivity index is 2.06. The van der Waals surface area contributed by atoms with Crippen LogP contribution in [-0.2, 0) is 14.6 Å². The minimum Gasteiger partial charge on any atom is -0.508 e. The van der Waals surface area contributed by atoms with E-state index < -0.39 is 15.7 Å². The average Bonchev–Trinajstić information content (AvgIpc) is 2.79. The largest absolute Gasteiger partial charge is 0.508 e. The van der Waals surface area contributed by atoms with E-state index in [9.17, 15) is 18.3 Å². The number of hydrogen-bond acceptors (Lipinski definition) is 5. The standard InChI is InChI=1S/C26H37NO5S/c1-2-3-4-5-6-7-8-9-12-22(17-20-26(27)29)32-24-13-10-11-14-25(24)33(30,31)23-18-15-21(28)16-19-23/h10-11,13-16,18-19,22,28H,2-9,12,17,20H2,1H3,(H2,27,29). The molecule has 2 aromatic rings. The molecule has 0 saturated carbocycles. The molecule has 0 aromatic heterocycles. The molecule has 0 spiro atoms. The van der Waals surface area contributed by atoms with Crippen LogP contribution >= 0.6 is 0 Å². The van der Waals surface area contributed by atoms with Gasteiger partial charge in [0, 0.05) is 6.42 Å². The average molecular weight is 476 g/mol. The van der Waals surface area contributed by atoms with Crippen LogP contribution in [0.4, 0.5) is 0 Å². The van der Waals surface area contributed by atoms with Gasteiger partial charge in [-0.1, -0.05) is 64.0 Å². The predicted octanol–water partition coefficient (Wildman–Crippen LogP) is 5.77. The van der Waals surface area contributed by atoms with Crippen LogP contribution in [0.3, 0.4) is 0 Å². The fourth-order valence-electron chi connectivity index (χ4n) is 3.77. The second kappa shape index (κ2) is 13.9. The van der Waals surface area contributed by atoms with Crippen molar-refractivity contribution in [1.82, 2.24) is 0 Å². The highest BCUT2D eigenvalue weighted by molar-refractivity contribution is 7.91. The van der Waals surface area contributed by atoms with Crippen LogP contribution < -0.4 is 10.5 Å². The number of primary amides is 1. The number of benzene rings is 2. The summed E-state index contributed by atoms with van der Waals surface area (Å²) >= 11 is 0. The molecule has 0 radical (unpaired) electrons. The number of unbranched alkanes of at least 4 members (excludes halogenated alkanes) is 7. The van der Waals surface area contributed by atoms with Gasteiger partial charge in [0.05, 0.1) is 11.0 Å². The molecular weight excluding hydrogens is 438 g/mol. The highest BCUT2D eigenvalue weighted by atomic mass is 32.2. The van der Waals surface area contributed by atoms with Crippen molar-refractivity contribution in [3.05, 3.63) is 48.5 Å². The van der Waals surface area contributed by atoms with Crippen molar-refractivity contribution < 1.29 is 23.1 Å². The molecule has 0 fully saturated rings. The van der Waals surface area contributed by atoms with E-state index in [0.717, 1.165) is 25.7 Å². The van der Waals surface area contributed by atoms with E-state index in [4.69, 9.17) is 10.5 Å². The summed E-state index contributed by atoms with van der Waals surface area (Å²) in [5.41, 5.74) is 5.34. The lowest BCUT2D eigenvalue weighted by molar-refractivity contribution is -0.118. The molecule has 3 N–H and O–H groups in total. The van der Waals surface area contributed by atoms with Crippen molar-refractivity contribution in [2.24, 2.45) is 5.73 Å². The van der Waals surface area contributed by atoms with E-state index in [-0.39, 0.29) is 33.8 Å². The molecule has 1 atom stereocenters. The monoisotopic (exact) mass is 475 g/mol. The number of hydrogen-bond donors (Lipinski definition) is 2. The number of nitrogens with two attached hydrogens (primary N) is 1. The summed E-state index contributed by atoms with van der Waals surface area (Å²) in [6, 6.07) is 11.9. The fourth-order valence-corrected chi connectivity index (χ4v) is 5.16. The number of para-hydroxylation sites is 1. The minimum absolute atomic E-state index is 0.00429. The summed E-state index contributed by atoms with van der Waals surface area (Å²) in [6.45, 7) is 2.21. The number of carbonyl (C=O) groups is 1. The summed E-state index contributed by atoms with van der Waals surface area (Å²) in [5, 5.41) is 9.49. The van der Waals surface area contributed by atoms with Gasteiger partial charge in [-0.15, -0.1) is 0 Å². The maximum atomic E-state index is 13.2. The van der Waals surface area contributed by atoms with Crippen LogP contribution in [0.15, 0.2) is 58.3 Å². The predicted molar refractivity (Wildman–Crippen MR) is 130 cm³/mol. The van der Waals surface area contributed by atoms with Crippen molar-refractivity contribution in [1.29, 1.82) is 0 Å². The second-order valence-corrected chi connectivity index (χ2v) is 10.4. The first-order valence-electron chi connectivity index (χ1n) is 11.9. The van der Waals surface area contributed by atoms with E-state index in [0.29, 0.717) is 6.42 Å². The number of amides is 1. The van der Waals surface area contributed by atoms with E-state index >= 15 is 0 Å². The Morgan fingerprint density at radius 1 is 0.909 bits per heavy atom. The third kappa shape index (κ3) is 9.08. The number of ether oxygens (including phenoxy) is 1. The smallest absolute Gasteiger partial charge is 0.217 e. The number of aromatic hydroxyl groups is 1. The third-order valence-electron chi connectivity index (χ3n) is 5.67. The van der Waals surface area contributed by atoms with Gasteiger partial charge in [0.2, 0.25) is 15.7 Å². The number of sulfone groups is 1. The molecule has 1 amide bonds. The lowest BCUT2D eigenvalue weighted by Gasteiger charge is -2.21. The fraction of sp³-hybridized carbons (Fsp3) is 0.500. The highest BCUT2D eigenvalue weighted by Crippen LogP contribution is 2.31. The van der Waals surface area contributed by atoms with Crippen molar-refractivity contribution in [2.75, 3.05) is 0 Å². The molecule has 0 aliphatic carbocycles. The number of phenols is 1. The Bertz CT molecular complexity index is 957. The Hall–Kier alpha value is -2.54. The normalized spacial score (nSPS) is 12.4. The molecule has 6 nitrogen and oxygen atoms in total. The maximum absolute atomic E-state index is 13.2. The molecule has 0 saturated heterocycles. The quantitative estimate of drug-likeness (QED) is 0.300. The van der Waals surface area contributed by atoms with Crippen LogP contribution in [0, 0.1) is 0 Å². The molecule has 0 aliphatic heterocycles. The van der Waals surface area contributed by atoms with E-state index in [1.165, 1.54) is 62.4 Å². The number of rotatable bonds is 16. The van der Waals surface area contributed by atoms with E-state index in [1.54, 1.807) is 18.2 Å². The molecule has 2 aromatic carbocycles. The van der Waals surface area contributed by atoms with Gasteiger partial charge in [-0.2, -0.15) is 0 Å². The molecular formula is C26H37NO5S. The van der Waals surface area contributed by atoms with Crippen LogP contribution in [0.1, 0.15) is 77.6 Å². The summed E-state index contributed by atoms with van der Waals surface area (Å²) < 4.78 is 32.5. The molecule has 33 heavy (non-hydrogen) atoms. The molecule has 0 heterocycles. The number of phenolic OH excluding ortho intramolecular Hbond substituents is 1. The van der Waals surface area contributed by atoms with Gasteiger partial charge in [-0.25, -0.2) is 8.42 Å². The zero-order valence-corrected chi connectivity index (χ0v) is 20.4. The first-order valence-corrected chi connectivity index (χ1v) is 13.4. The van der Waals surface area contributed by atoms with Crippen molar-refractivity contribution in [2.45, 2.75) is 93.4 Å². The van der Waals surface area contributed by atoms with Gasteiger partial charge >= 0.3 is 0 Å². The first kappa shape index (κ1) is 26.7. The topological polar surface area (TPSA) is 107 Å². The van der Waals surface area contributed by atoms with Crippen molar-refractivity contribution in [3.8, 4) is 11.5 Å². The van der Waals surface area contributed by atoms with Gasteiger partial charge in [0.15, 0.2) is 0 Å². The Labute approximate surface area is 198 Å². The lowest BCUT2D eigenvalue weighted by Crippen LogP contribution is -2.21. The SMILES string of the molecule is CCCCCCCCCCC(CCC(N)=O)Oc1ccccc1S(=O)(=O)c1ccc(O)cc1. The van der Waals surface area contributed by atoms with E-state index in [2.05, 4.69) is 6.92 Å². The lowest BCUT2D eigenvalue weighted by atomic mass is 10.0. The van der Waals surface area contributed by atoms with Crippen LogP contribution in [0.2, 0.25) is 0 Å². The molecule has 1 unspecified atom stereocenters. The first-order chi connectivity index (χ1) is 15.8. The minimum atomic E-state index is -3.83. The Morgan fingerprint density at radius 2 is 1.52 bits per heavy atom. The molecule has 7 heteroatoms. The summed E-state index contributed by atoms with van der Waals surface area (Å²) in [6.07, 6.45) is 10.6. The van der Waals surface area contributed by atoms with Crippen molar-refractivity contribution >= 4 is 15.7 Å². The van der Waals surface area contributed by atoms with Crippen molar-refractivity contribution in [3.63, 3.8) is 0 Å². The third-order valence-corrected chi connectivity index (χ3v) is 7.48. The summed E-state index contributed by atoms with van der Waals surface area (Å²) in [7, 11) is -3.83. The van der Waals surface area contributed by atoms with Gasteiger partial charge < -0.3 is 15.6 Å². The van der Waals surface area contributed by atoms with Gasteiger partial charge in [0.1, 0.15) is 16.4 Å². The van der Waals surface area contributed by atoms with E-state index in [1.807, 2.05) is 0 Å². The zero-order chi connectivity index (χ0) is 24.1. The molecule has 182 valence electrons. The zero-order valence-electron chi connectivity index (χ0n) is 19.5. The maximum Gasteiger partial charge on any atom is 0.217 e. The highest BCUT2D eigenvalue weighted by Gasteiger charge is 2.24. The summed E-state index contributed by atoms with van der Waals surface area (Å²) in [4.78, 5) is 11.5. The van der Waals surface area contributed by atoms with Gasteiger partial charge in [-0.3, -0.25) is 4.79 Å². The van der Waals surface area contributed by atoms with Gasteiger partial charge in [0.25, 0.3) is 0 Å². The molecule has 0 aliphatic rings. The van der Waals surface area contributed by atoms with Crippen LogP contribution in [0.5, 0.6) is 11.5 Å². The summed E-state index contributed by atoms with van der Waals surface area (Å²) in [5.74, 6) is -0.139. The van der Waals surface area contributed by atoms with Crippen LogP contribution in [-0.4, -0.2) is 25.5 Å². The van der Waals surface area contributed by atoms with Gasteiger partial charge in [-0.05, 0) is 55.7 Å².